The van der Waals surface area contributed by atoms with Crippen molar-refractivity contribution in [2.75, 3.05) is 10.8 Å². The van der Waals surface area contributed by atoms with E-state index in [4.69, 9.17) is 11.6 Å². The number of benzene rings is 3. The Labute approximate surface area is 226 Å². The first-order valence-corrected chi connectivity index (χ1v) is 13.5. The normalized spacial score (nSPS) is 11.6. The van der Waals surface area contributed by atoms with Crippen LogP contribution in [0.3, 0.4) is 0 Å². The monoisotopic (exact) mass is 552 g/mol. The molecule has 0 aliphatic carbocycles. The predicted molar refractivity (Wildman–Crippen MR) is 148 cm³/mol. The number of nitrogens with one attached hydrogen (secondary N) is 1. The van der Waals surface area contributed by atoms with Gasteiger partial charge in [0, 0.05) is 27.7 Å². The van der Waals surface area contributed by atoms with Crippen LogP contribution in [-0.4, -0.2) is 31.7 Å². The van der Waals surface area contributed by atoms with Gasteiger partial charge >= 0.3 is 0 Å². The average Bonchev–Trinajstić information content (AvgIpc) is 3.16. The van der Waals surface area contributed by atoms with E-state index in [1.54, 1.807) is 30.3 Å². The Balaban J connectivity index is 1.55. The Morgan fingerprint density at radius 3 is 2.37 bits per heavy atom. The van der Waals surface area contributed by atoms with Crippen LogP contribution in [0.25, 0.3) is 5.69 Å². The van der Waals surface area contributed by atoms with Gasteiger partial charge in [0.2, 0.25) is 0 Å². The van der Waals surface area contributed by atoms with E-state index in [2.05, 4.69) is 10.5 Å². The highest BCUT2D eigenvalue weighted by atomic mass is 35.5. The minimum atomic E-state index is -4.16. The molecule has 10 heteroatoms. The molecule has 0 aliphatic rings. The molecule has 3 aromatic carbocycles. The van der Waals surface area contributed by atoms with Crippen molar-refractivity contribution in [1.82, 2.24) is 9.99 Å². The van der Waals surface area contributed by atoms with Crippen molar-refractivity contribution in [3.05, 3.63) is 112 Å². The maximum atomic E-state index is 13.4. The summed E-state index contributed by atoms with van der Waals surface area (Å²) in [6, 6.07) is 20.5. The van der Waals surface area contributed by atoms with E-state index in [9.17, 15) is 17.6 Å². The van der Waals surface area contributed by atoms with Crippen LogP contribution < -0.4 is 9.73 Å². The lowest BCUT2D eigenvalue weighted by Gasteiger charge is -2.23. The third kappa shape index (κ3) is 5.95. The fourth-order valence-electron chi connectivity index (χ4n) is 4.03. The fourth-order valence-corrected chi connectivity index (χ4v) is 5.64. The first-order chi connectivity index (χ1) is 18.1. The number of rotatable bonds is 8. The number of hydrogen-bond acceptors (Lipinski definition) is 4. The van der Waals surface area contributed by atoms with Crippen molar-refractivity contribution >= 4 is 39.4 Å². The second-order valence-corrected chi connectivity index (χ2v) is 11.0. The number of carbonyl (C=O) groups excluding carboxylic acids is 1. The van der Waals surface area contributed by atoms with Crippen LogP contribution in [0.15, 0.2) is 88.9 Å². The van der Waals surface area contributed by atoms with Crippen molar-refractivity contribution in [3.63, 3.8) is 0 Å². The van der Waals surface area contributed by atoms with Gasteiger partial charge in [-0.25, -0.2) is 18.2 Å². The number of nitrogens with zero attached hydrogens (tertiary/aromatic N) is 3. The van der Waals surface area contributed by atoms with Crippen LogP contribution in [0.5, 0.6) is 0 Å². The highest BCUT2D eigenvalue weighted by Gasteiger charge is 2.27. The molecule has 1 aromatic heterocycles. The molecule has 0 unspecified atom stereocenters. The lowest BCUT2D eigenvalue weighted by Crippen LogP contribution is -2.39. The zero-order valence-corrected chi connectivity index (χ0v) is 22.6. The van der Waals surface area contributed by atoms with E-state index < -0.39 is 28.3 Å². The molecule has 1 amide bonds. The van der Waals surface area contributed by atoms with Crippen LogP contribution in [0.2, 0.25) is 5.02 Å². The number of anilines is 1. The third-order valence-electron chi connectivity index (χ3n) is 5.94. The van der Waals surface area contributed by atoms with Gasteiger partial charge in [0.05, 0.1) is 16.8 Å². The molecule has 7 nitrogen and oxygen atoms in total. The molecule has 0 spiro atoms. The van der Waals surface area contributed by atoms with Crippen molar-refractivity contribution in [2.45, 2.75) is 25.7 Å². The maximum Gasteiger partial charge on any atom is 0.264 e. The number of amides is 1. The van der Waals surface area contributed by atoms with Crippen LogP contribution in [0, 0.1) is 26.6 Å². The molecule has 0 radical (unpaired) electrons. The van der Waals surface area contributed by atoms with Crippen molar-refractivity contribution in [3.8, 4) is 5.69 Å². The second kappa shape index (κ2) is 11.2. The summed E-state index contributed by atoms with van der Waals surface area (Å²) in [6.07, 6.45) is 1.51. The standard InChI is InChI=1S/C28H26ClFN4O3S/c1-19-7-11-25(12-8-19)33(38(36,37)27-13-9-24(30)10-14-27)18-28(35)32-31-17-22-15-20(2)34(21(22)3)26-6-4-5-23(29)16-26/h4-17H,18H2,1-3H3,(H,32,35)/b31-17-. The maximum absolute atomic E-state index is 13.4. The Kier molecular flexibility index (Phi) is 7.99. The van der Waals surface area contributed by atoms with Gasteiger partial charge in [-0.05, 0) is 81.4 Å². The SMILES string of the molecule is Cc1ccc(N(CC(=O)N/N=C\c2cc(C)n(-c3cccc(Cl)c3)c2C)S(=O)(=O)c2ccc(F)cc2)cc1. The molecule has 1 N–H and O–H groups in total. The number of halogens is 2. The molecule has 0 bridgehead atoms. The zero-order chi connectivity index (χ0) is 27.4. The van der Waals surface area contributed by atoms with Crippen LogP contribution in [0.1, 0.15) is 22.5 Å². The number of hydrazone groups is 1. The molecular formula is C28H26ClFN4O3S. The summed E-state index contributed by atoms with van der Waals surface area (Å²) in [6.45, 7) is 5.21. The van der Waals surface area contributed by atoms with Crippen LogP contribution in [0.4, 0.5) is 10.1 Å². The smallest absolute Gasteiger partial charge is 0.264 e. The van der Waals surface area contributed by atoms with Crippen molar-refractivity contribution in [2.24, 2.45) is 5.10 Å². The molecule has 0 fully saturated rings. The van der Waals surface area contributed by atoms with Gasteiger partial charge in [0.1, 0.15) is 12.4 Å². The summed E-state index contributed by atoms with van der Waals surface area (Å²) in [5, 5.41) is 4.68. The van der Waals surface area contributed by atoms with E-state index in [0.29, 0.717) is 10.7 Å². The van der Waals surface area contributed by atoms with Gasteiger partial charge in [-0.1, -0.05) is 35.4 Å². The minimum absolute atomic E-state index is 0.135. The van der Waals surface area contributed by atoms with Crippen molar-refractivity contribution in [1.29, 1.82) is 0 Å². The Hall–Kier alpha value is -3.95. The van der Waals surface area contributed by atoms with E-state index in [0.717, 1.165) is 56.8 Å². The summed E-state index contributed by atoms with van der Waals surface area (Å²) < 4.78 is 43.1. The molecule has 0 aliphatic heterocycles. The molecular weight excluding hydrogens is 527 g/mol. The first kappa shape index (κ1) is 27.1. The number of aryl methyl sites for hydroxylation is 2. The Bertz CT molecular complexity index is 1600. The highest BCUT2D eigenvalue weighted by molar-refractivity contribution is 7.92. The summed E-state index contributed by atoms with van der Waals surface area (Å²) in [7, 11) is -4.16. The highest BCUT2D eigenvalue weighted by Crippen LogP contribution is 2.25. The molecule has 38 heavy (non-hydrogen) atoms. The van der Waals surface area contributed by atoms with Gasteiger partial charge in [0.25, 0.3) is 15.9 Å². The summed E-state index contributed by atoms with van der Waals surface area (Å²) in [5.74, 6) is -1.20. The van der Waals surface area contributed by atoms with Gasteiger partial charge in [-0.3, -0.25) is 9.10 Å². The second-order valence-electron chi connectivity index (χ2n) is 8.74. The molecule has 0 atom stereocenters. The van der Waals surface area contributed by atoms with Gasteiger partial charge in [0.15, 0.2) is 0 Å². The third-order valence-corrected chi connectivity index (χ3v) is 7.96. The lowest BCUT2D eigenvalue weighted by atomic mass is 10.2. The molecule has 0 saturated carbocycles. The van der Waals surface area contributed by atoms with Gasteiger partial charge < -0.3 is 4.57 Å². The average molecular weight is 553 g/mol. The summed E-state index contributed by atoms with van der Waals surface area (Å²) in [4.78, 5) is 12.7. The van der Waals surface area contributed by atoms with E-state index in [1.165, 1.54) is 6.21 Å². The first-order valence-electron chi connectivity index (χ1n) is 11.7. The topological polar surface area (TPSA) is 83.8 Å². The van der Waals surface area contributed by atoms with E-state index in [-0.39, 0.29) is 4.90 Å². The van der Waals surface area contributed by atoms with Crippen LogP contribution >= 0.6 is 11.6 Å². The fraction of sp³-hybridized carbons (Fsp3) is 0.143. The zero-order valence-electron chi connectivity index (χ0n) is 21.0. The largest absolute Gasteiger partial charge is 0.318 e. The lowest BCUT2D eigenvalue weighted by molar-refractivity contribution is -0.119. The summed E-state index contributed by atoms with van der Waals surface area (Å²) >= 11 is 6.15. The Morgan fingerprint density at radius 2 is 1.71 bits per heavy atom. The van der Waals surface area contributed by atoms with Gasteiger partial charge in [-0.15, -0.1) is 0 Å². The molecule has 4 aromatic rings. The van der Waals surface area contributed by atoms with E-state index in [1.807, 2.05) is 49.6 Å². The Morgan fingerprint density at radius 1 is 1.03 bits per heavy atom. The number of hydrogen-bond donors (Lipinski definition) is 1. The summed E-state index contributed by atoms with van der Waals surface area (Å²) in [5.41, 5.74) is 7.16. The molecule has 196 valence electrons. The van der Waals surface area contributed by atoms with Gasteiger partial charge in [-0.2, -0.15) is 5.10 Å². The van der Waals surface area contributed by atoms with Crippen molar-refractivity contribution < 1.29 is 17.6 Å². The predicted octanol–water partition coefficient (Wildman–Crippen LogP) is 5.54. The molecule has 4 rings (SSSR count). The molecule has 0 saturated heterocycles. The number of sulfonamides is 1. The van der Waals surface area contributed by atoms with Crippen LogP contribution in [-0.2, 0) is 14.8 Å². The molecule has 1 heterocycles. The number of aromatic nitrogens is 1. The number of carbonyl (C=O) groups is 1. The van der Waals surface area contributed by atoms with E-state index >= 15 is 0 Å². The minimum Gasteiger partial charge on any atom is -0.318 e. The quantitative estimate of drug-likeness (QED) is 0.230.